The van der Waals surface area contributed by atoms with Gasteiger partial charge in [0.15, 0.2) is 0 Å². The summed E-state index contributed by atoms with van der Waals surface area (Å²) in [6.45, 7) is 0.511. The molecule has 0 amide bonds. The van der Waals surface area contributed by atoms with E-state index in [4.69, 9.17) is 4.74 Å². The Labute approximate surface area is 178 Å². The van der Waals surface area contributed by atoms with Gasteiger partial charge < -0.3 is 14.6 Å². The minimum Gasteiger partial charge on any atom is -0.550 e. The molecule has 0 aliphatic heterocycles. The van der Waals surface area contributed by atoms with Gasteiger partial charge in [0.1, 0.15) is 5.75 Å². The molecule has 9 heteroatoms. The second-order valence-electron chi connectivity index (χ2n) is 5.50. The topological polar surface area (TPSA) is 117 Å². The van der Waals surface area contributed by atoms with Gasteiger partial charge in [-0.2, -0.15) is 10.2 Å². The molecule has 136 valence electrons. The van der Waals surface area contributed by atoms with Crippen LogP contribution >= 0.6 is 0 Å². The molecule has 0 heterocycles. The van der Waals surface area contributed by atoms with Crippen LogP contribution in [0.3, 0.4) is 0 Å². The largest absolute Gasteiger partial charge is 1.00 e. The van der Waals surface area contributed by atoms with Crippen LogP contribution in [0.5, 0.6) is 5.75 Å². The predicted molar refractivity (Wildman–Crippen MR) is 92.7 cm³/mol. The van der Waals surface area contributed by atoms with Crippen molar-refractivity contribution in [2.45, 2.75) is 25.7 Å². The van der Waals surface area contributed by atoms with E-state index in [1.54, 1.807) is 24.3 Å². The van der Waals surface area contributed by atoms with Crippen molar-refractivity contribution in [3.8, 4) is 5.75 Å². The van der Waals surface area contributed by atoms with Crippen LogP contribution < -0.4 is 39.4 Å². The molecule has 0 aliphatic carbocycles. The molecule has 0 aromatic heterocycles. The van der Waals surface area contributed by atoms with Crippen molar-refractivity contribution in [3.63, 3.8) is 0 Å². The van der Waals surface area contributed by atoms with Crippen molar-refractivity contribution in [3.05, 3.63) is 58.6 Å². The zero-order chi connectivity index (χ0) is 18.8. The van der Waals surface area contributed by atoms with Crippen molar-refractivity contribution < 1.29 is 49.1 Å². The third kappa shape index (κ3) is 8.76. The van der Waals surface area contributed by atoms with Crippen LogP contribution in [0.25, 0.3) is 0 Å². The third-order valence-electron chi connectivity index (χ3n) is 3.47. The van der Waals surface area contributed by atoms with Crippen LogP contribution in [0.2, 0.25) is 0 Å². The summed E-state index contributed by atoms with van der Waals surface area (Å²) >= 11 is 0. The van der Waals surface area contributed by atoms with E-state index >= 15 is 0 Å². The molecule has 0 bridgehead atoms. The summed E-state index contributed by atoms with van der Waals surface area (Å²) in [5, 5.41) is 29.0. The van der Waals surface area contributed by atoms with E-state index in [9.17, 15) is 20.0 Å². The molecular formula is C18H18N3NaO5. The van der Waals surface area contributed by atoms with Crippen molar-refractivity contribution in [2.75, 3.05) is 6.61 Å². The summed E-state index contributed by atoms with van der Waals surface area (Å²) < 4.78 is 5.57. The van der Waals surface area contributed by atoms with Crippen molar-refractivity contribution >= 4 is 23.0 Å². The van der Waals surface area contributed by atoms with Gasteiger partial charge in [0.25, 0.3) is 5.69 Å². The molecule has 2 aromatic rings. The maximum Gasteiger partial charge on any atom is 1.00 e. The van der Waals surface area contributed by atoms with Crippen molar-refractivity contribution in [1.82, 2.24) is 0 Å². The molecule has 8 nitrogen and oxygen atoms in total. The fourth-order valence-electron chi connectivity index (χ4n) is 2.10. The summed E-state index contributed by atoms with van der Waals surface area (Å²) in [5.41, 5.74) is 1.15. The first-order chi connectivity index (χ1) is 12.5. The van der Waals surface area contributed by atoms with Gasteiger partial charge >= 0.3 is 29.6 Å². The number of non-ortho nitro benzene ring substituents is 1. The predicted octanol–water partition coefficient (Wildman–Crippen LogP) is 0.703. The van der Waals surface area contributed by atoms with Gasteiger partial charge in [0, 0.05) is 18.1 Å². The number of nitrogens with zero attached hydrogens (tertiary/aromatic N) is 3. The van der Waals surface area contributed by atoms with Crippen molar-refractivity contribution in [1.29, 1.82) is 0 Å². The summed E-state index contributed by atoms with van der Waals surface area (Å²) in [6, 6.07) is 12.8. The standard InChI is InChI=1S/C18H19N3O5.Na/c22-18(23)4-2-1-3-13-26-17-11-7-15(8-12-17)20-19-14-5-9-16(10-6-14)21(24)25;/h5-12H,1-4,13H2,(H,22,23);/q;+1/p-1. The van der Waals surface area contributed by atoms with Crippen LogP contribution in [0.15, 0.2) is 58.8 Å². The Kier molecular flexibility index (Phi) is 10.2. The van der Waals surface area contributed by atoms with E-state index in [-0.39, 0.29) is 41.7 Å². The third-order valence-corrected chi connectivity index (χ3v) is 3.47. The Morgan fingerprint density at radius 3 is 2.00 bits per heavy atom. The zero-order valence-corrected chi connectivity index (χ0v) is 17.0. The molecule has 0 spiro atoms. The number of carboxylic acid groups (broad SMARTS) is 1. The van der Waals surface area contributed by atoms with Gasteiger partial charge in [0.05, 0.1) is 22.9 Å². The minimum absolute atomic E-state index is 0. The number of ether oxygens (including phenoxy) is 1. The summed E-state index contributed by atoms with van der Waals surface area (Å²) in [4.78, 5) is 20.4. The molecule has 0 radical (unpaired) electrons. The maximum absolute atomic E-state index is 10.6. The molecule has 0 aliphatic rings. The SMILES string of the molecule is O=C([O-])CCCCCOc1ccc(N=Nc2ccc([N+](=O)[O-])cc2)cc1.[Na+]. The Morgan fingerprint density at radius 1 is 0.926 bits per heavy atom. The molecule has 0 unspecified atom stereocenters. The van der Waals surface area contributed by atoms with E-state index in [1.807, 2.05) is 0 Å². The monoisotopic (exact) mass is 379 g/mol. The number of unbranched alkanes of at least 4 members (excludes halogenated alkanes) is 2. The first-order valence-electron chi connectivity index (χ1n) is 8.13. The first kappa shape index (κ1) is 22.8. The van der Waals surface area contributed by atoms with Crippen LogP contribution in [-0.4, -0.2) is 17.5 Å². The first-order valence-corrected chi connectivity index (χ1v) is 8.13. The fraction of sp³-hybridized carbons (Fsp3) is 0.278. The van der Waals surface area contributed by atoms with Crippen LogP contribution in [0.4, 0.5) is 17.1 Å². The molecule has 0 N–H and O–H groups in total. The average Bonchev–Trinajstić information content (AvgIpc) is 2.64. The van der Waals surface area contributed by atoms with Crippen LogP contribution in [-0.2, 0) is 4.79 Å². The number of benzene rings is 2. The number of azo groups is 1. The fourth-order valence-corrected chi connectivity index (χ4v) is 2.10. The van der Waals surface area contributed by atoms with Crippen molar-refractivity contribution in [2.24, 2.45) is 10.2 Å². The van der Waals surface area contributed by atoms with Gasteiger partial charge in [-0.15, -0.1) is 0 Å². The number of hydrogen-bond donors (Lipinski definition) is 0. The quantitative estimate of drug-likeness (QED) is 0.198. The molecule has 0 saturated heterocycles. The second-order valence-corrected chi connectivity index (χ2v) is 5.50. The van der Waals surface area contributed by atoms with E-state index < -0.39 is 10.9 Å². The number of carbonyl (C=O) groups excluding carboxylic acids is 1. The molecule has 27 heavy (non-hydrogen) atoms. The summed E-state index contributed by atoms with van der Waals surface area (Å²) in [7, 11) is 0. The molecule has 0 fully saturated rings. The average molecular weight is 379 g/mol. The Morgan fingerprint density at radius 2 is 1.48 bits per heavy atom. The zero-order valence-electron chi connectivity index (χ0n) is 15.0. The van der Waals surface area contributed by atoms with Gasteiger partial charge in [-0.25, -0.2) is 0 Å². The van der Waals surface area contributed by atoms with E-state index in [1.165, 1.54) is 24.3 Å². The summed E-state index contributed by atoms with van der Waals surface area (Å²) in [6.07, 6.45) is 2.21. The van der Waals surface area contributed by atoms with E-state index in [0.717, 1.165) is 12.8 Å². The number of hydrogen-bond acceptors (Lipinski definition) is 7. The van der Waals surface area contributed by atoms with Gasteiger partial charge in [-0.1, -0.05) is 0 Å². The second kappa shape index (κ2) is 12.2. The smallest absolute Gasteiger partial charge is 0.550 e. The van der Waals surface area contributed by atoms with Crippen LogP contribution in [0.1, 0.15) is 25.7 Å². The van der Waals surface area contributed by atoms with E-state index in [2.05, 4.69) is 10.2 Å². The molecule has 0 atom stereocenters. The number of nitro benzene ring substituents is 1. The van der Waals surface area contributed by atoms with Gasteiger partial charge in [-0.05, 0) is 62.1 Å². The number of rotatable bonds is 10. The number of carbonyl (C=O) groups is 1. The van der Waals surface area contributed by atoms with Gasteiger partial charge in [0.2, 0.25) is 0 Å². The maximum atomic E-state index is 10.6. The minimum atomic E-state index is -1.02. The number of carboxylic acids is 1. The Bertz CT molecular complexity index is 764. The molecular weight excluding hydrogens is 361 g/mol. The molecule has 0 saturated carbocycles. The summed E-state index contributed by atoms with van der Waals surface area (Å²) in [5.74, 6) is -0.330. The molecule has 2 rings (SSSR count). The molecule has 2 aromatic carbocycles. The Hall–Kier alpha value is -2.29. The number of nitro groups is 1. The Balaban J connectivity index is 0.00000364. The normalized spacial score (nSPS) is 10.4. The van der Waals surface area contributed by atoms with E-state index in [0.29, 0.717) is 30.2 Å². The van der Waals surface area contributed by atoms with Crippen LogP contribution in [0, 0.1) is 10.1 Å². The number of aliphatic carboxylic acids is 1. The van der Waals surface area contributed by atoms with Gasteiger partial charge in [-0.3, -0.25) is 10.1 Å².